The molecule has 3 aromatic rings. The van der Waals surface area contributed by atoms with Crippen molar-refractivity contribution >= 4 is 45.7 Å². The molecule has 112 valence electrons. The molecule has 2 aromatic heterocycles. The number of carbonyl (C=O) groups is 1. The van der Waals surface area contributed by atoms with Gasteiger partial charge in [-0.15, -0.1) is 22.0 Å². The molecule has 0 aliphatic heterocycles. The van der Waals surface area contributed by atoms with Crippen molar-refractivity contribution < 1.29 is 9.21 Å². The number of anilines is 1. The van der Waals surface area contributed by atoms with E-state index in [1.54, 1.807) is 30.5 Å². The van der Waals surface area contributed by atoms with E-state index in [2.05, 4.69) is 15.5 Å². The number of benzene rings is 1. The lowest BCUT2D eigenvalue weighted by molar-refractivity contribution is -0.113. The van der Waals surface area contributed by atoms with Crippen molar-refractivity contribution in [2.24, 2.45) is 0 Å². The van der Waals surface area contributed by atoms with Gasteiger partial charge in [-0.05, 0) is 36.4 Å². The lowest BCUT2D eigenvalue weighted by Gasteiger charge is -2.01. The van der Waals surface area contributed by atoms with Crippen molar-refractivity contribution in [1.82, 2.24) is 10.2 Å². The Bertz CT molecular complexity index is 757. The minimum Gasteiger partial charge on any atom is -0.462 e. The fourth-order valence-corrected chi connectivity index (χ4v) is 3.16. The SMILES string of the molecule is O=C(CSc1ccc(Cl)cc1)Nc1nnc(-c2ccco2)s1. The fraction of sp³-hybridized carbons (Fsp3) is 0.0714. The standard InChI is InChI=1S/C14H10ClN3O2S2/c15-9-3-5-10(6-4-9)21-8-12(19)16-14-18-17-13(22-14)11-2-1-7-20-11/h1-7H,8H2,(H,16,18,19). The third-order valence-corrected chi connectivity index (χ3v) is 4.70. The van der Waals surface area contributed by atoms with E-state index in [9.17, 15) is 4.79 Å². The van der Waals surface area contributed by atoms with Crippen LogP contribution in [0.25, 0.3) is 10.8 Å². The molecule has 1 aromatic carbocycles. The number of aromatic nitrogens is 2. The van der Waals surface area contributed by atoms with Gasteiger partial charge < -0.3 is 4.42 Å². The Labute approximate surface area is 139 Å². The maximum atomic E-state index is 11.9. The summed E-state index contributed by atoms with van der Waals surface area (Å²) >= 11 is 8.51. The zero-order valence-corrected chi connectivity index (χ0v) is 13.5. The predicted molar refractivity (Wildman–Crippen MR) is 88.4 cm³/mol. The first-order valence-corrected chi connectivity index (χ1v) is 8.44. The molecule has 0 radical (unpaired) electrons. The van der Waals surface area contributed by atoms with E-state index >= 15 is 0 Å². The molecule has 8 heteroatoms. The summed E-state index contributed by atoms with van der Waals surface area (Å²) in [5.74, 6) is 0.785. The van der Waals surface area contributed by atoms with Crippen LogP contribution in [-0.2, 0) is 4.79 Å². The molecule has 22 heavy (non-hydrogen) atoms. The first-order valence-electron chi connectivity index (χ1n) is 6.26. The van der Waals surface area contributed by atoms with Crippen LogP contribution in [0.2, 0.25) is 5.02 Å². The first kappa shape index (κ1) is 15.1. The van der Waals surface area contributed by atoms with Crippen LogP contribution in [0.3, 0.4) is 0 Å². The topological polar surface area (TPSA) is 68.0 Å². The molecule has 0 aliphatic carbocycles. The normalized spacial score (nSPS) is 10.6. The maximum Gasteiger partial charge on any atom is 0.236 e. The summed E-state index contributed by atoms with van der Waals surface area (Å²) < 4.78 is 5.23. The molecule has 0 unspecified atom stereocenters. The number of rotatable bonds is 5. The molecule has 0 saturated carbocycles. The van der Waals surface area contributed by atoms with E-state index in [4.69, 9.17) is 16.0 Å². The smallest absolute Gasteiger partial charge is 0.236 e. The van der Waals surface area contributed by atoms with Gasteiger partial charge in [-0.3, -0.25) is 10.1 Å². The van der Waals surface area contributed by atoms with Gasteiger partial charge in [0.2, 0.25) is 11.0 Å². The number of furan rings is 1. The van der Waals surface area contributed by atoms with Crippen LogP contribution in [0.4, 0.5) is 5.13 Å². The van der Waals surface area contributed by atoms with Gasteiger partial charge in [0.1, 0.15) is 0 Å². The van der Waals surface area contributed by atoms with Gasteiger partial charge >= 0.3 is 0 Å². The average molecular weight is 352 g/mol. The second-order valence-corrected chi connectivity index (χ2v) is 6.64. The zero-order valence-electron chi connectivity index (χ0n) is 11.2. The molecule has 0 atom stereocenters. The highest BCUT2D eigenvalue weighted by Gasteiger charge is 2.11. The Kier molecular flexibility index (Phi) is 4.77. The Morgan fingerprint density at radius 1 is 1.27 bits per heavy atom. The Balaban J connectivity index is 1.54. The maximum absolute atomic E-state index is 11.9. The van der Waals surface area contributed by atoms with Gasteiger partial charge in [0.15, 0.2) is 10.8 Å². The van der Waals surface area contributed by atoms with Crippen LogP contribution in [0.5, 0.6) is 0 Å². The summed E-state index contributed by atoms with van der Waals surface area (Å²) in [4.78, 5) is 12.9. The second kappa shape index (κ2) is 6.95. The molecule has 3 rings (SSSR count). The van der Waals surface area contributed by atoms with Crippen molar-refractivity contribution in [3.63, 3.8) is 0 Å². The monoisotopic (exact) mass is 351 g/mol. The average Bonchev–Trinajstić information content (AvgIpc) is 3.17. The predicted octanol–water partition coefficient (Wildman–Crippen LogP) is 4.18. The number of thioether (sulfide) groups is 1. The van der Waals surface area contributed by atoms with Gasteiger partial charge in [-0.2, -0.15) is 0 Å². The van der Waals surface area contributed by atoms with Crippen LogP contribution in [-0.4, -0.2) is 21.9 Å². The highest BCUT2D eigenvalue weighted by Crippen LogP contribution is 2.27. The van der Waals surface area contributed by atoms with E-state index in [0.717, 1.165) is 4.90 Å². The number of amides is 1. The molecule has 0 saturated heterocycles. The van der Waals surface area contributed by atoms with E-state index in [1.807, 2.05) is 12.1 Å². The van der Waals surface area contributed by atoms with Gasteiger partial charge in [0.05, 0.1) is 12.0 Å². The summed E-state index contributed by atoms with van der Waals surface area (Å²) in [5, 5.41) is 12.4. The van der Waals surface area contributed by atoms with E-state index < -0.39 is 0 Å². The molecule has 1 amide bonds. The third kappa shape index (κ3) is 3.88. The van der Waals surface area contributed by atoms with E-state index in [0.29, 0.717) is 20.9 Å². The van der Waals surface area contributed by atoms with Crippen LogP contribution < -0.4 is 5.32 Å². The quantitative estimate of drug-likeness (QED) is 0.698. The van der Waals surface area contributed by atoms with Crippen LogP contribution >= 0.6 is 34.7 Å². The molecular formula is C14H10ClN3O2S2. The number of hydrogen-bond acceptors (Lipinski definition) is 6. The lowest BCUT2D eigenvalue weighted by atomic mass is 10.4. The number of hydrogen-bond donors (Lipinski definition) is 1. The summed E-state index contributed by atoms with van der Waals surface area (Å²) in [5.41, 5.74) is 0. The molecule has 0 aliphatic rings. The minimum absolute atomic E-state index is 0.137. The van der Waals surface area contributed by atoms with Crippen molar-refractivity contribution in [2.75, 3.05) is 11.1 Å². The van der Waals surface area contributed by atoms with Gasteiger partial charge in [0, 0.05) is 9.92 Å². The summed E-state index contributed by atoms with van der Waals surface area (Å²) in [7, 11) is 0. The molecule has 5 nitrogen and oxygen atoms in total. The van der Waals surface area contributed by atoms with Crippen LogP contribution in [0.15, 0.2) is 52.0 Å². The van der Waals surface area contributed by atoms with Crippen molar-refractivity contribution in [3.05, 3.63) is 47.7 Å². The van der Waals surface area contributed by atoms with Crippen LogP contribution in [0.1, 0.15) is 0 Å². The number of nitrogens with one attached hydrogen (secondary N) is 1. The van der Waals surface area contributed by atoms with Gasteiger partial charge in [-0.25, -0.2) is 0 Å². The molecule has 0 fully saturated rings. The summed E-state index contributed by atoms with van der Waals surface area (Å²) in [6, 6.07) is 10.9. The van der Waals surface area contributed by atoms with Gasteiger partial charge in [-0.1, -0.05) is 22.9 Å². The highest BCUT2D eigenvalue weighted by molar-refractivity contribution is 8.00. The Hall–Kier alpha value is -1.83. The number of halogens is 1. The first-order chi connectivity index (χ1) is 10.7. The lowest BCUT2D eigenvalue weighted by Crippen LogP contribution is -2.13. The fourth-order valence-electron chi connectivity index (χ4n) is 1.61. The zero-order chi connectivity index (χ0) is 15.4. The molecule has 0 bridgehead atoms. The van der Waals surface area contributed by atoms with E-state index in [1.165, 1.54) is 23.1 Å². The van der Waals surface area contributed by atoms with Crippen molar-refractivity contribution in [3.8, 4) is 10.8 Å². The number of nitrogens with zero attached hydrogens (tertiary/aromatic N) is 2. The largest absolute Gasteiger partial charge is 0.462 e. The summed E-state index contributed by atoms with van der Waals surface area (Å²) in [6.07, 6.45) is 1.57. The Morgan fingerprint density at radius 2 is 2.09 bits per heavy atom. The molecule has 0 spiro atoms. The molecule has 2 heterocycles. The second-order valence-electron chi connectivity index (χ2n) is 4.18. The number of carbonyl (C=O) groups excluding carboxylic acids is 1. The molecular weight excluding hydrogens is 342 g/mol. The highest BCUT2D eigenvalue weighted by atomic mass is 35.5. The summed E-state index contributed by atoms with van der Waals surface area (Å²) in [6.45, 7) is 0. The van der Waals surface area contributed by atoms with Crippen LogP contribution in [0, 0.1) is 0 Å². The Morgan fingerprint density at radius 3 is 2.82 bits per heavy atom. The molecule has 1 N–H and O–H groups in total. The minimum atomic E-state index is -0.137. The van der Waals surface area contributed by atoms with E-state index in [-0.39, 0.29) is 11.7 Å². The van der Waals surface area contributed by atoms with Gasteiger partial charge in [0.25, 0.3) is 0 Å². The van der Waals surface area contributed by atoms with Crippen molar-refractivity contribution in [2.45, 2.75) is 4.90 Å². The third-order valence-electron chi connectivity index (χ3n) is 2.59. The van der Waals surface area contributed by atoms with Crippen molar-refractivity contribution in [1.29, 1.82) is 0 Å².